The summed E-state index contributed by atoms with van der Waals surface area (Å²) < 4.78 is 13.7. The minimum atomic E-state index is -0.212. The van der Waals surface area contributed by atoms with E-state index in [9.17, 15) is 4.39 Å². The highest BCUT2D eigenvalue weighted by Crippen LogP contribution is 2.33. The van der Waals surface area contributed by atoms with Crippen LogP contribution in [-0.4, -0.2) is 4.98 Å². The Morgan fingerprint density at radius 1 is 1.21 bits per heavy atom. The predicted octanol–water partition coefficient (Wildman–Crippen LogP) is 3.24. The highest BCUT2D eigenvalue weighted by atomic mass is 19.1. The van der Waals surface area contributed by atoms with Crippen LogP contribution in [0.4, 0.5) is 10.1 Å². The van der Waals surface area contributed by atoms with E-state index in [2.05, 4.69) is 5.43 Å². The third-order valence-electron chi connectivity index (χ3n) is 4.02. The summed E-state index contributed by atoms with van der Waals surface area (Å²) in [7, 11) is 0. The van der Waals surface area contributed by atoms with Crippen molar-refractivity contribution in [3.63, 3.8) is 0 Å². The van der Waals surface area contributed by atoms with Gasteiger partial charge in [-0.05, 0) is 50.3 Å². The third-order valence-corrected chi connectivity index (χ3v) is 4.02. The number of hydrogen-bond donors (Lipinski definition) is 2. The maximum absolute atomic E-state index is 13.7. The lowest BCUT2D eigenvalue weighted by atomic mass is 10.0. The van der Waals surface area contributed by atoms with E-state index in [1.165, 1.54) is 18.1 Å². The summed E-state index contributed by atoms with van der Waals surface area (Å²) in [5.41, 5.74) is 7.34. The first kappa shape index (κ1) is 12.4. The fourth-order valence-electron chi connectivity index (χ4n) is 2.94. The van der Waals surface area contributed by atoms with Crippen LogP contribution in [0, 0.1) is 12.7 Å². The van der Waals surface area contributed by atoms with Crippen molar-refractivity contribution in [2.24, 2.45) is 5.84 Å². The number of nitrogens with zero attached hydrogens (tertiary/aromatic N) is 1. The van der Waals surface area contributed by atoms with Gasteiger partial charge in [0, 0.05) is 16.6 Å². The zero-order valence-corrected chi connectivity index (χ0v) is 11.1. The van der Waals surface area contributed by atoms with Crippen LogP contribution in [0.3, 0.4) is 0 Å². The van der Waals surface area contributed by atoms with Gasteiger partial charge in [-0.2, -0.15) is 0 Å². The molecule has 0 amide bonds. The molecular formula is C15H18FN3. The number of nitrogen functional groups attached to an aromatic ring is 1. The van der Waals surface area contributed by atoms with Gasteiger partial charge in [0.1, 0.15) is 5.82 Å². The van der Waals surface area contributed by atoms with Gasteiger partial charge in [0.2, 0.25) is 0 Å². The van der Waals surface area contributed by atoms with Crippen molar-refractivity contribution in [3.05, 3.63) is 34.8 Å². The lowest BCUT2D eigenvalue weighted by Gasteiger charge is -2.16. The van der Waals surface area contributed by atoms with Crippen molar-refractivity contribution in [2.45, 2.75) is 39.0 Å². The second-order valence-corrected chi connectivity index (χ2v) is 5.19. The van der Waals surface area contributed by atoms with Crippen molar-refractivity contribution in [2.75, 3.05) is 5.43 Å². The number of hydrazine groups is 1. The number of benzene rings is 1. The molecule has 0 atom stereocenters. The molecule has 0 aliphatic heterocycles. The molecule has 19 heavy (non-hydrogen) atoms. The van der Waals surface area contributed by atoms with E-state index in [0.29, 0.717) is 5.56 Å². The third kappa shape index (κ3) is 1.96. The maximum Gasteiger partial charge on any atom is 0.128 e. The fraction of sp³-hybridized carbons (Fsp3) is 0.400. The van der Waals surface area contributed by atoms with E-state index >= 15 is 0 Å². The summed E-state index contributed by atoms with van der Waals surface area (Å²) in [5.74, 6) is 5.50. The monoisotopic (exact) mass is 259 g/mol. The van der Waals surface area contributed by atoms with E-state index in [1.807, 2.05) is 0 Å². The predicted molar refractivity (Wildman–Crippen MR) is 75.5 cm³/mol. The number of hydrogen-bond acceptors (Lipinski definition) is 3. The number of rotatable bonds is 1. The van der Waals surface area contributed by atoms with Crippen molar-refractivity contribution >= 4 is 16.6 Å². The number of fused-ring (bicyclic) bond motifs is 2. The SMILES string of the molecule is Cc1c(F)ccc2c(NN)c3c(nc12)CCCCC3. The molecule has 3 N–H and O–H groups in total. The van der Waals surface area contributed by atoms with Crippen LogP contribution in [0.15, 0.2) is 12.1 Å². The summed E-state index contributed by atoms with van der Waals surface area (Å²) in [6, 6.07) is 3.26. The summed E-state index contributed by atoms with van der Waals surface area (Å²) in [5, 5.41) is 0.919. The van der Waals surface area contributed by atoms with Crippen LogP contribution in [0.2, 0.25) is 0 Å². The average molecular weight is 259 g/mol. The van der Waals surface area contributed by atoms with Gasteiger partial charge in [0.25, 0.3) is 0 Å². The molecule has 0 fully saturated rings. The van der Waals surface area contributed by atoms with Crippen molar-refractivity contribution in [3.8, 4) is 0 Å². The molecule has 2 aromatic rings. The molecule has 0 radical (unpaired) electrons. The molecule has 0 unspecified atom stereocenters. The van der Waals surface area contributed by atoms with Gasteiger partial charge in [-0.15, -0.1) is 0 Å². The highest BCUT2D eigenvalue weighted by Gasteiger charge is 2.18. The van der Waals surface area contributed by atoms with Crippen LogP contribution in [0.5, 0.6) is 0 Å². The molecule has 3 nitrogen and oxygen atoms in total. The molecule has 1 aliphatic carbocycles. The topological polar surface area (TPSA) is 50.9 Å². The number of halogens is 1. The molecule has 1 aromatic heterocycles. The molecule has 3 rings (SSSR count). The zero-order chi connectivity index (χ0) is 13.4. The smallest absolute Gasteiger partial charge is 0.128 e. The zero-order valence-electron chi connectivity index (χ0n) is 11.1. The second-order valence-electron chi connectivity index (χ2n) is 5.19. The van der Waals surface area contributed by atoms with Gasteiger partial charge in [0.05, 0.1) is 11.2 Å². The number of aromatic nitrogens is 1. The molecule has 0 saturated carbocycles. The van der Waals surface area contributed by atoms with E-state index < -0.39 is 0 Å². The van der Waals surface area contributed by atoms with Crippen LogP contribution in [-0.2, 0) is 12.8 Å². The first-order valence-electron chi connectivity index (χ1n) is 6.79. The quantitative estimate of drug-likeness (QED) is 0.469. The van der Waals surface area contributed by atoms with Crippen molar-refractivity contribution in [1.82, 2.24) is 4.98 Å². The molecule has 1 aliphatic rings. The average Bonchev–Trinajstić information content (AvgIpc) is 2.66. The van der Waals surface area contributed by atoms with E-state index in [0.717, 1.165) is 48.0 Å². The van der Waals surface area contributed by atoms with E-state index in [4.69, 9.17) is 10.8 Å². The Morgan fingerprint density at radius 2 is 2.00 bits per heavy atom. The van der Waals surface area contributed by atoms with E-state index in [1.54, 1.807) is 13.0 Å². The first-order chi connectivity index (χ1) is 9.22. The Hall–Kier alpha value is -1.68. The molecule has 100 valence electrons. The summed E-state index contributed by atoms with van der Waals surface area (Å²) in [6.07, 6.45) is 5.47. The normalized spacial score (nSPS) is 15.1. The molecule has 0 bridgehead atoms. The Bertz CT molecular complexity index is 637. The number of nitrogens with two attached hydrogens (primary N) is 1. The minimum Gasteiger partial charge on any atom is -0.323 e. The first-order valence-corrected chi connectivity index (χ1v) is 6.79. The van der Waals surface area contributed by atoms with Gasteiger partial charge in [-0.3, -0.25) is 10.8 Å². The van der Waals surface area contributed by atoms with Gasteiger partial charge in [0.15, 0.2) is 0 Å². The molecular weight excluding hydrogens is 241 g/mol. The number of pyridine rings is 1. The minimum absolute atomic E-state index is 0.212. The van der Waals surface area contributed by atoms with Crippen LogP contribution < -0.4 is 11.3 Å². The van der Waals surface area contributed by atoms with Crippen LogP contribution >= 0.6 is 0 Å². The number of aryl methyl sites for hydroxylation is 2. The molecule has 0 saturated heterocycles. The van der Waals surface area contributed by atoms with Gasteiger partial charge < -0.3 is 5.43 Å². The Morgan fingerprint density at radius 3 is 2.79 bits per heavy atom. The molecule has 4 heteroatoms. The standard InChI is InChI=1S/C15H18FN3/c1-9-12(16)8-7-11-14(9)18-13-6-4-2-3-5-10(13)15(11)19-17/h7-8H,2-6,17H2,1H3,(H,18,19). The summed E-state index contributed by atoms with van der Waals surface area (Å²) >= 11 is 0. The van der Waals surface area contributed by atoms with Crippen molar-refractivity contribution in [1.29, 1.82) is 0 Å². The summed E-state index contributed by atoms with van der Waals surface area (Å²) in [4.78, 5) is 4.71. The second kappa shape index (κ2) is 4.78. The summed E-state index contributed by atoms with van der Waals surface area (Å²) in [6.45, 7) is 1.77. The Balaban J connectivity index is 2.36. The largest absolute Gasteiger partial charge is 0.323 e. The van der Waals surface area contributed by atoms with Crippen LogP contribution in [0.25, 0.3) is 10.9 Å². The van der Waals surface area contributed by atoms with Crippen LogP contribution in [0.1, 0.15) is 36.1 Å². The fourth-order valence-corrected chi connectivity index (χ4v) is 2.94. The Kier molecular flexibility index (Phi) is 3.11. The van der Waals surface area contributed by atoms with Crippen molar-refractivity contribution < 1.29 is 4.39 Å². The lowest BCUT2D eigenvalue weighted by Crippen LogP contribution is -2.12. The van der Waals surface area contributed by atoms with Gasteiger partial charge >= 0.3 is 0 Å². The maximum atomic E-state index is 13.7. The molecule has 1 heterocycles. The molecule has 1 aromatic carbocycles. The Labute approximate surface area is 112 Å². The molecule has 0 spiro atoms. The number of anilines is 1. The van der Waals surface area contributed by atoms with E-state index in [-0.39, 0.29) is 5.82 Å². The lowest BCUT2D eigenvalue weighted by molar-refractivity contribution is 0.620. The highest BCUT2D eigenvalue weighted by molar-refractivity contribution is 5.95. The van der Waals surface area contributed by atoms with Gasteiger partial charge in [-0.1, -0.05) is 6.42 Å². The van der Waals surface area contributed by atoms with Gasteiger partial charge in [-0.25, -0.2) is 4.39 Å². The number of nitrogens with one attached hydrogen (secondary N) is 1.